The monoisotopic (exact) mass is 380 g/mol. The molecule has 0 radical (unpaired) electrons. The number of nitrogens with zero attached hydrogens (tertiary/aromatic N) is 3. The van der Waals surface area contributed by atoms with Gasteiger partial charge in [-0.3, -0.25) is 9.79 Å². The van der Waals surface area contributed by atoms with E-state index in [-0.39, 0.29) is 12.0 Å². The lowest BCUT2D eigenvalue weighted by atomic mass is 10.1. The summed E-state index contributed by atoms with van der Waals surface area (Å²) in [6.45, 7) is 4.45. The first-order valence-corrected chi connectivity index (χ1v) is 10.1. The number of benzene rings is 2. The molecule has 6 heteroatoms. The van der Waals surface area contributed by atoms with Crippen LogP contribution in [-0.2, 0) is 16.1 Å². The van der Waals surface area contributed by atoms with Gasteiger partial charge in [-0.05, 0) is 35.2 Å². The van der Waals surface area contributed by atoms with Crippen molar-refractivity contribution in [3.8, 4) is 0 Å². The Morgan fingerprint density at radius 2 is 1.86 bits per heavy atom. The van der Waals surface area contributed by atoms with E-state index in [1.54, 1.807) is 0 Å². The Labute approximate surface area is 166 Å². The maximum atomic E-state index is 12.5. The van der Waals surface area contributed by atoms with E-state index in [9.17, 15) is 4.79 Å². The van der Waals surface area contributed by atoms with Gasteiger partial charge in [0.2, 0.25) is 0 Å². The largest absolute Gasteiger partial charge is 0.368 e. The molecule has 0 spiro atoms. The molecule has 2 heterocycles. The number of carbonyl (C=O) groups excluding carboxylic acids is 1. The van der Waals surface area contributed by atoms with Crippen molar-refractivity contribution in [1.29, 1.82) is 0 Å². The molecule has 6 nitrogen and oxygen atoms in total. The lowest BCUT2D eigenvalue weighted by Gasteiger charge is -2.37. The molecule has 2 fully saturated rings. The fourth-order valence-corrected chi connectivity index (χ4v) is 3.98. The first-order valence-electron chi connectivity index (χ1n) is 10.1. The Balaban J connectivity index is 1.31. The first-order chi connectivity index (χ1) is 13.7. The standard InChI is InChI=1S/C22H28N4O2/c1-23-22(24-16-17-8-9-18-5-2-3-6-19(18)15-17)26-12-10-25(11-13-26)21(27)20-7-4-14-28-20/h2-3,5-6,8-9,15,20H,4,7,10-14,16H2,1H3,(H,23,24). The van der Waals surface area contributed by atoms with Crippen molar-refractivity contribution in [1.82, 2.24) is 15.1 Å². The van der Waals surface area contributed by atoms with Gasteiger partial charge in [-0.25, -0.2) is 0 Å². The molecular weight excluding hydrogens is 352 g/mol. The Morgan fingerprint density at radius 1 is 1.11 bits per heavy atom. The van der Waals surface area contributed by atoms with Crippen molar-refractivity contribution in [2.75, 3.05) is 39.8 Å². The van der Waals surface area contributed by atoms with Crippen LogP contribution in [0.25, 0.3) is 10.8 Å². The third-order valence-corrected chi connectivity index (χ3v) is 5.57. The van der Waals surface area contributed by atoms with Crippen molar-refractivity contribution in [2.45, 2.75) is 25.5 Å². The zero-order chi connectivity index (χ0) is 19.3. The maximum absolute atomic E-state index is 12.5. The van der Waals surface area contributed by atoms with E-state index in [2.05, 4.69) is 57.7 Å². The Kier molecular flexibility index (Phi) is 5.76. The number of rotatable bonds is 3. The summed E-state index contributed by atoms with van der Waals surface area (Å²) < 4.78 is 5.54. The number of hydrogen-bond acceptors (Lipinski definition) is 3. The number of carbonyl (C=O) groups is 1. The van der Waals surface area contributed by atoms with Gasteiger partial charge in [-0.2, -0.15) is 0 Å². The van der Waals surface area contributed by atoms with E-state index >= 15 is 0 Å². The summed E-state index contributed by atoms with van der Waals surface area (Å²) >= 11 is 0. The average molecular weight is 380 g/mol. The SMILES string of the molecule is CN=C(NCc1ccc2ccccc2c1)N1CCN(C(=O)C2CCCO2)CC1. The summed E-state index contributed by atoms with van der Waals surface area (Å²) in [4.78, 5) is 21.1. The molecular formula is C22H28N4O2. The van der Waals surface area contributed by atoms with Gasteiger partial charge in [0.25, 0.3) is 5.91 Å². The second kappa shape index (κ2) is 8.61. The molecule has 4 rings (SSSR count). The van der Waals surface area contributed by atoms with Crippen LogP contribution in [0.3, 0.4) is 0 Å². The van der Waals surface area contributed by atoms with E-state index in [4.69, 9.17) is 4.74 Å². The summed E-state index contributed by atoms with van der Waals surface area (Å²) in [5, 5.41) is 5.97. The topological polar surface area (TPSA) is 57.2 Å². The quantitative estimate of drug-likeness (QED) is 0.655. The van der Waals surface area contributed by atoms with Crippen molar-refractivity contribution in [3.05, 3.63) is 48.0 Å². The maximum Gasteiger partial charge on any atom is 0.251 e. The fraction of sp³-hybridized carbons (Fsp3) is 0.455. The average Bonchev–Trinajstić information content (AvgIpc) is 3.29. The summed E-state index contributed by atoms with van der Waals surface area (Å²) in [5.74, 6) is 1.04. The van der Waals surface area contributed by atoms with Crippen LogP contribution in [0, 0.1) is 0 Å². The molecule has 1 unspecified atom stereocenters. The summed E-state index contributed by atoms with van der Waals surface area (Å²) in [6.07, 6.45) is 1.62. The molecule has 2 aromatic rings. The van der Waals surface area contributed by atoms with Crippen molar-refractivity contribution in [3.63, 3.8) is 0 Å². The second-order valence-electron chi connectivity index (χ2n) is 7.40. The number of guanidine groups is 1. The highest BCUT2D eigenvalue weighted by molar-refractivity contribution is 5.84. The van der Waals surface area contributed by atoms with Crippen LogP contribution in [0.4, 0.5) is 0 Å². The normalized spacial score (nSPS) is 20.6. The summed E-state index contributed by atoms with van der Waals surface area (Å²) in [5.41, 5.74) is 1.23. The number of aliphatic imine (C=N–C) groups is 1. The lowest BCUT2D eigenvalue weighted by molar-refractivity contribution is -0.142. The van der Waals surface area contributed by atoms with Crippen LogP contribution in [0.2, 0.25) is 0 Å². The van der Waals surface area contributed by atoms with E-state index < -0.39 is 0 Å². The number of nitrogens with one attached hydrogen (secondary N) is 1. The molecule has 0 aliphatic carbocycles. The minimum absolute atomic E-state index is 0.149. The molecule has 148 valence electrons. The van der Waals surface area contributed by atoms with Crippen molar-refractivity contribution in [2.24, 2.45) is 4.99 Å². The fourth-order valence-electron chi connectivity index (χ4n) is 3.98. The Hall–Kier alpha value is -2.60. The molecule has 1 amide bonds. The third-order valence-electron chi connectivity index (χ3n) is 5.57. The molecule has 0 saturated carbocycles. The number of hydrogen-bond donors (Lipinski definition) is 1. The van der Waals surface area contributed by atoms with Gasteiger partial charge < -0.3 is 19.9 Å². The summed E-state index contributed by atoms with van der Waals surface area (Å²) in [7, 11) is 1.81. The minimum atomic E-state index is -0.225. The highest BCUT2D eigenvalue weighted by Crippen LogP contribution is 2.17. The van der Waals surface area contributed by atoms with Crippen LogP contribution < -0.4 is 5.32 Å². The number of ether oxygens (including phenoxy) is 1. The van der Waals surface area contributed by atoms with Gasteiger partial charge in [-0.1, -0.05) is 36.4 Å². The van der Waals surface area contributed by atoms with Gasteiger partial charge in [0.1, 0.15) is 6.10 Å². The number of piperazine rings is 1. The third kappa shape index (κ3) is 4.12. The van der Waals surface area contributed by atoms with Gasteiger partial charge in [0.05, 0.1) is 0 Å². The molecule has 2 saturated heterocycles. The second-order valence-corrected chi connectivity index (χ2v) is 7.40. The van der Waals surface area contributed by atoms with Crippen LogP contribution >= 0.6 is 0 Å². The molecule has 0 bridgehead atoms. The van der Waals surface area contributed by atoms with Gasteiger partial charge >= 0.3 is 0 Å². The highest BCUT2D eigenvalue weighted by atomic mass is 16.5. The Morgan fingerprint density at radius 3 is 2.57 bits per heavy atom. The molecule has 1 N–H and O–H groups in total. The molecule has 28 heavy (non-hydrogen) atoms. The smallest absolute Gasteiger partial charge is 0.251 e. The van der Waals surface area contributed by atoms with Gasteiger partial charge in [-0.15, -0.1) is 0 Å². The number of amides is 1. The molecule has 0 aromatic heterocycles. The van der Waals surface area contributed by atoms with Crippen molar-refractivity contribution >= 4 is 22.6 Å². The first kappa shape index (κ1) is 18.7. The lowest BCUT2D eigenvalue weighted by Crippen LogP contribution is -2.55. The van der Waals surface area contributed by atoms with Crippen molar-refractivity contribution < 1.29 is 9.53 Å². The van der Waals surface area contributed by atoms with E-state index in [0.29, 0.717) is 6.61 Å². The molecule has 1 atom stereocenters. The van der Waals surface area contributed by atoms with Crippen LogP contribution in [0.5, 0.6) is 0 Å². The molecule has 2 aliphatic heterocycles. The zero-order valence-electron chi connectivity index (χ0n) is 16.4. The minimum Gasteiger partial charge on any atom is -0.368 e. The van der Waals surface area contributed by atoms with Gasteiger partial charge in [0.15, 0.2) is 5.96 Å². The van der Waals surface area contributed by atoms with Crippen LogP contribution in [0.1, 0.15) is 18.4 Å². The number of fused-ring (bicyclic) bond motifs is 1. The van der Waals surface area contributed by atoms with Crippen LogP contribution in [-0.4, -0.2) is 67.6 Å². The molecule has 2 aliphatic rings. The highest BCUT2D eigenvalue weighted by Gasteiger charge is 2.30. The van der Waals surface area contributed by atoms with Crippen LogP contribution in [0.15, 0.2) is 47.5 Å². The predicted molar refractivity (Wildman–Crippen MR) is 111 cm³/mol. The summed E-state index contributed by atoms with van der Waals surface area (Å²) in [6, 6.07) is 14.9. The van der Waals surface area contributed by atoms with E-state index in [1.807, 2.05) is 11.9 Å². The van der Waals surface area contributed by atoms with E-state index in [0.717, 1.165) is 51.5 Å². The van der Waals surface area contributed by atoms with Gasteiger partial charge in [0, 0.05) is 46.4 Å². The predicted octanol–water partition coefficient (Wildman–Crippen LogP) is 2.24. The zero-order valence-corrected chi connectivity index (χ0v) is 16.4. The Bertz CT molecular complexity index is 852. The van der Waals surface area contributed by atoms with E-state index in [1.165, 1.54) is 16.3 Å². The molecule has 2 aromatic carbocycles.